The molecular formula is C15H16BrN3O2. The zero-order valence-corrected chi connectivity index (χ0v) is 13.4. The lowest BCUT2D eigenvalue weighted by atomic mass is 10.0. The van der Waals surface area contributed by atoms with Gasteiger partial charge in [-0.05, 0) is 33.0 Å². The van der Waals surface area contributed by atoms with Gasteiger partial charge in [0, 0.05) is 12.7 Å². The van der Waals surface area contributed by atoms with E-state index in [0.717, 1.165) is 5.56 Å². The van der Waals surface area contributed by atoms with Crippen LogP contribution in [0, 0.1) is 10.1 Å². The normalized spacial score (nSPS) is 10.7. The van der Waals surface area contributed by atoms with Crippen LogP contribution in [0.2, 0.25) is 0 Å². The van der Waals surface area contributed by atoms with E-state index in [4.69, 9.17) is 0 Å². The van der Waals surface area contributed by atoms with Crippen molar-refractivity contribution in [1.82, 2.24) is 4.98 Å². The van der Waals surface area contributed by atoms with Gasteiger partial charge in [-0.3, -0.25) is 15.1 Å². The van der Waals surface area contributed by atoms with Crippen LogP contribution in [0.5, 0.6) is 0 Å². The molecule has 0 saturated carbocycles. The molecule has 0 amide bonds. The van der Waals surface area contributed by atoms with Crippen molar-refractivity contribution in [3.05, 3.63) is 62.4 Å². The lowest BCUT2D eigenvalue weighted by Crippen LogP contribution is -2.04. The Bertz CT molecular complexity index is 642. The van der Waals surface area contributed by atoms with Crippen molar-refractivity contribution in [3.63, 3.8) is 0 Å². The van der Waals surface area contributed by atoms with Crippen LogP contribution < -0.4 is 5.32 Å². The molecule has 21 heavy (non-hydrogen) atoms. The van der Waals surface area contributed by atoms with Crippen LogP contribution in [0.4, 0.5) is 11.4 Å². The Labute approximate surface area is 131 Å². The quantitative estimate of drug-likeness (QED) is 0.637. The Morgan fingerprint density at radius 1 is 1.29 bits per heavy atom. The van der Waals surface area contributed by atoms with Gasteiger partial charge in [-0.1, -0.05) is 38.1 Å². The fourth-order valence-electron chi connectivity index (χ4n) is 1.95. The standard InChI is InChI=1S/C15H16BrN3O2/c1-10(2)12-5-3-11(4-6-12)7-18-15-13(16)8-17-9-14(15)19(20)21/h3-6,8-10H,7H2,1-2H3,(H,17,18). The van der Waals surface area contributed by atoms with Gasteiger partial charge in [0.2, 0.25) is 0 Å². The third kappa shape index (κ3) is 3.78. The first-order chi connectivity index (χ1) is 9.99. The van der Waals surface area contributed by atoms with E-state index < -0.39 is 4.92 Å². The number of pyridine rings is 1. The topological polar surface area (TPSA) is 68.1 Å². The lowest BCUT2D eigenvalue weighted by molar-refractivity contribution is -0.384. The molecule has 0 aliphatic rings. The molecule has 0 aliphatic carbocycles. The van der Waals surface area contributed by atoms with Crippen LogP contribution in [0.15, 0.2) is 41.1 Å². The molecule has 2 aromatic rings. The first-order valence-corrected chi connectivity index (χ1v) is 7.39. The van der Waals surface area contributed by atoms with Crippen molar-refractivity contribution in [2.75, 3.05) is 5.32 Å². The van der Waals surface area contributed by atoms with Gasteiger partial charge in [-0.15, -0.1) is 0 Å². The zero-order chi connectivity index (χ0) is 15.4. The minimum atomic E-state index is -0.443. The number of aromatic nitrogens is 1. The molecule has 0 aliphatic heterocycles. The van der Waals surface area contributed by atoms with Crippen molar-refractivity contribution in [1.29, 1.82) is 0 Å². The Morgan fingerprint density at radius 3 is 2.52 bits per heavy atom. The lowest BCUT2D eigenvalue weighted by Gasteiger charge is -2.10. The number of anilines is 1. The number of rotatable bonds is 5. The number of nitro groups is 1. The third-order valence-corrected chi connectivity index (χ3v) is 3.79. The van der Waals surface area contributed by atoms with Gasteiger partial charge in [0.1, 0.15) is 11.9 Å². The van der Waals surface area contributed by atoms with Gasteiger partial charge in [0.25, 0.3) is 0 Å². The zero-order valence-electron chi connectivity index (χ0n) is 11.8. The second-order valence-electron chi connectivity index (χ2n) is 5.02. The molecule has 0 bridgehead atoms. The molecule has 5 nitrogen and oxygen atoms in total. The van der Waals surface area contributed by atoms with E-state index in [9.17, 15) is 10.1 Å². The van der Waals surface area contributed by atoms with Crippen molar-refractivity contribution in [2.24, 2.45) is 0 Å². The third-order valence-electron chi connectivity index (χ3n) is 3.19. The number of halogens is 1. The number of nitrogens with zero attached hydrogens (tertiary/aromatic N) is 2. The maximum absolute atomic E-state index is 11.0. The number of hydrogen-bond donors (Lipinski definition) is 1. The summed E-state index contributed by atoms with van der Waals surface area (Å²) in [5.41, 5.74) is 2.75. The average Bonchev–Trinajstić information content (AvgIpc) is 2.46. The van der Waals surface area contributed by atoms with Gasteiger partial charge in [0.05, 0.1) is 9.40 Å². The highest BCUT2D eigenvalue weighted by atomic mass is 79.9. The van der Waals surface area contributed by atoms with E-state index in [1.54, 1.807) is 0 Å². The van der Waals surface area contributed by atoms with Gasteiger partial charge in [0.15, 0.2) is 0 Å². The van der Waals surface area contributed by atoms with Crippen LogP contribution in [-0.2, 0) is 6.54 Å². The van der Waals surface area contributed by atoms with Crippen LogP contribution in [-0.4, -0.2) is 9.91 Å². The van der Waals surface area contributed by atoms with Crippen molar-refractivity contribution in [3.8, 4) is 0 Å². The predicted molar refractivity (Wildman–Crippen MR) is 86.4 cm³/mol. The molecule has 1 heterocycles. The minimum absolute atomic E-state index is 0.0387. The summed E-state index contributed by atoms with van der Waals surface area (Å²) in [5, 5.41) is 14.1. The fourth-order valence-corrected chi connectivity index (χ4v) is 2.41. The summed E-state index contributed by atoms with van der Waals surface area (Å²) in [6.45, 7) is 4.80. The van der Waals surface area contributed by atoms with Crippen molar-refractivity contribution < 1.29 is 4.92 Å². The average molecular weight is 350 g/mol. The Kier molecular flexibility index (Phi) is 4.90. The molecule has 0 saturated heterocycles. The monoisotopic (exact) mass is 349 g/mol. The van der Waals surface area contributed by atoms with Crippen molar-refractivity contribution >= 4 is 27.3 Å². The molecule has 1 N–H and O–H groups in total. The minimum Gasteiger partial charge on any atom is -0.374 e. The van der Waals surface area contributed by atoms with Crippen LogP contribution >= 0.6 is 15.9 Å². The Hall–Kier alpha value is -1.95. The Balaban J connectivity index is 2.15. The molecule has 2 rings (SSSR count). The summed E-state index contributed by atoms with van der Waals surface area (Å²) in [6, 6.07) is 8.22. The van der Waals surface area contributed by atoms with E-state index in [-0.39, 0.29) is 5.69 Å². The van der Waals surface area contributed by atoms with Crippen molar-refractivity contribution in [2.45, 2.75) is 26.3 Å². The molecule has 0 unspecified atom stereocenters. The summed E-state index contributed by atoms with van der Waals surface area (Å²) in [7, 11) is 0. The fraction of sp³-hybridized carbons (Fsp3) is 0.267. The van der Waals surface area contributed by atoms with E-state index in [1.165, 1.54) is 18.0 Å². The maximum atomic E-state index is 11.0. The van der Waals surface area contributed by atoms with Gasteiger partial charge in [-0.25, -0.2) is 0 Å². The number of nitrogens with one attached hydrogen (secondary N) is 1. The van der Waals surface area contributed by atoms with E-state index in [1.807, 2.05) is 12.1 Å². The number of benzene rings is 1. The van der Waals surface area contributed by atoms with Gasteiger partial charge < -0.3 is 5.32 Å². The highest BCUT2D eigenvalue weighted by Crippen LogP contribution is 2.31. The summed E-state index contributed by atoms with van der Waals surface area (Å²) in [6.07, 6.45) is 2.78. The molecule has 1 aromatic heterocycles. The van der Waals surface area contributed by atoms with Crippen LogP contribution in [0.25, 0.3) is 0 Å². The van der Waals surface area contributed by atoms with Crippen LogP contribution in [0.1, 0.15) is 30.9 Å². The second kappa shape index (κ2) is 6.67. The summed E-state index contributed by atoms with van der Waals surface area (Å²) >= 11 is 3.29. The molecule has 6 heteroatoms. The highest BCUT2D eigenvalue weighted by Gasteiger charge is 2.16. The molecule has 0 fully saturated rings. The summed E-state index contributed by atoms with van der Waals surface area (Å²) in [4.78, 5) is 14.4. The largest absolute Gasteiger partial charge is 0.374 e. The molecular weight excluding hydrogens is 334 g/mol. The van der Waals surface area contributed by atoms with E-state index in [2.05, 4.69) is 52.2 Å². The number of hydrogen-bond acceptors (Lipinski definition) is 4. The smallest absolute Gasteiger partial charge is 0.311 e. The highest BCUT2D eigenvalue weighted by molar-refractivity contribution is 9.10. The van der Waals surface area contributed by atoms with E-state index in [0.29, 0.717) is 22.6 Å². The maximum Gasteiger partial charge on any atom is 0.311 e. The van der Waals surface area contributed by atoms with Gasteiger partial charge >= 0.3 is 5.69 Å². The first-order valence-electron chi connectivity index (χ1n) is 6.59. The first kappa shape index (κ1) is 15.4. The molecule has 0 spiro atoms. The van der Waals surface area contributed by atoms with E-state index >= 15 is 0 Å². The summed E-state index contributed by atoms with van der Waals surface area (Å²) < 4.78 is 0.579. The molecule has 1 aromatic carbocycles. The Morgan fingerprint density at radius 2 is 1.95 bits per heavy atom. The van der Waals surface area contributed by atoms with Crippen LogP contribution in [0.3, 0.4) is 0 Å². The second-order valence-corrected chi connectivity index (χ2v) is 5.88. The summed E-state index contributed by atoms with van der Waals surface area (Å²) in [5.74, 6) is 0.488. The molecule has 110 valence electrons. The van der Waals surface area contributed by atoms with Gasteiger partial charge in [-0.2, -0.15) is 0 Å². The molecule has 0 atom stereocenters. The molecule has 0 radical (unpaired) electrons. The SMILES string of the molecule is CC(C)c1ccc(CNc2c(Br)cncc2[N+](=O)[O-])cc1. The predicted octanol–water partition coefficient (Wildman–Crippen LogP) is 4.49.